The van der Waals surface area contributed by atoms with Crippen LogP contribution in [0.15, 0.2) is 22.7 Å². The van der Waals surface area contributed by atoms with E-state index in [0.29, 0.717) is 30.0 Å². The fraction of sp³-hybridized carbons (Fsp3) is 0.462. The first-order valence-corrected chi connectivity index (χ1v) is 6.85. The van der Waals surface area contributed by atoms with Gasteiger partial charge in [0.15, 0.2) is 0 Å². The van der Waals surface area contributed by atoms with Crippen LogP contribution < -0.4 is 5.73 Å². The van der Waals surface area contributed by atoms with Crippen LogP contribution in [-0.4, -0.2) is 30.4 Å². The third-order valence-electron chi connectivity index (χ3n) is 3.39. The standard InChI is InChI=1S/C13H16BrFN2O/c14-10-1-2-12(15)11(7-10)13(18)17-5-3-9(8-16)4-6-17/h1-2,7,9H,3-6,8,16H2. The van der Waals surface area contributed by atoms with Crippen molar-refractivity contribution < 1.29 is 9.18 Å². The second-order valence-corrected chi connectivity index (χ2v) is 5.51. The van der Waals surface area contributed by atoms with Gasteiger partial charge in [-0.3, -0.25) is 4.79 Å². The zero-order chi connectivity index (χ0) is 13.1. The molecule has 0 aromatic heterocycles. The van der Waals surface area contributed by atoms with Gasteiger partial charge in [-0.25, -0.2) is 4.39 Å². The third kappa shape index (κ3) is 2.90. The fourth-order valence-corrected chi connectivity index (χ4v) is 2.56. The van der Waals surface area contributed by atoms with Gasteiger partial charge in [0.1, 0.15) is 5.82 Å². The first-order valence-electron chi connectivity index (χ1n) is 6.06. The molecule has 0 bridgehead atoms. The molecular weight excluding hydrogens is 299 g/mol. The van der Waals surface area contributed by atoms with Crippen molar-refractivity contribution in [1.82, 2.24) is 4.90 Å². The molecule has 0 unspecified atom stereocenters. The van der Waals surface area contributed by atoms with E-state index in [1.165, 1.54) is 12.1 Å². The van der Waals surface area contributed by atoms with Crippen molar-refractivity contribution in [2.24, 2.45) is 11.7 Å². The Morgan fingerprint density at radius 3 is 2.72 bits per heavy atom. The molecule has 1 aromatic rings. The lowest BCUT2D eigenvalue weighted by Gasteiger charge is -2.31. The minimum absolute atomic E-state index is 0.135. The summed E-state index contributed by atoms with van der Waals surface area (Å²) in [5.41, 5.74) is 5.75. The Kier molecular flexibility index (Phi) is 4.35. The van der Waals surface area contributed by atoms with Crippen molar-refractivity contribution in [2.45, 2.75) is 12.8 Å². The van der Waals surface area contributed by atoms with E-state index in [4.69, 9.17) is 5.73 Å². The van der Waals surface area contributed by atoms with Gasteiger partial charge in [0.2, 0.25) is 0 Å². The normalized spacial score (nSPS) is 16.9. The van der Waals surface area contributed by atoms with E-state index in [9.17, 15) is 9.18 Å². The van der Waals surface area contributed by atoms with Crippen LogP contribution in [0, 0.1) is 11.7 Å². The van der Waals surface area contributed by atoms with Crippen molar-refractivity contribution in [3.63, 3.8) is 0 Å². The summed E-state index contributed by atoms with van der Waals surface area (Å²) in [5.74, 6) is -0.213. The molecule has 2 rings (SSSR count). The van der Waals surface area contributed by atoms with Crippen molar-refractivity contribution in [1.29, 1.82) is 0 Å². The molecule has 0 saturated carbocycles. The molecular formula is C13H16BrFN2O. The van der Waals surface area contributed by atoms with Gasteiger partial charge in [0, 0.05) is 17.6 Å². The van der Waals surface area contributed by atoms with Gasteiger partial charge in [-0.1, -0.05) is 15.9 Å². The van der Waals surface area contributed by atoms with Crippen molar-refractivity contribution in [3.8, 4) is 0 Å². The third-order valence-corrected chi connectivity index (χ3v) is 3.89. The fourth-order valence-electron chi connectivity index (χ4n) is 2.20. The predicted octanol–water partition coefficient (Wildman–Crippen LogP) is 2.40. The highest BCUT2D eigenvalue weighted by Gasteiger charge is 2.24. The molecule has 18 heavy (non-hydrogen) atoms. The number of hydrogen-bond acceptors (Lipinski definition) is 2. The molecule has 1 fully saturated rings. The summed E-state index contributed by atoms with van der Waals surface area (Å²) in [6.45, 7) is 1.98. The quantitative estimate of drug-likeness (QED) is 0.911. The van der Waals surface area contributed by atoms with Gasteiger partial charge < -0.3 is 10.6 Å². The molecule has 1 saturated heterocycles. The van der Waals surface area contributed by atoms with Crippen LogP contribution in [0.1, 0.15) is 23.2 Å². The van der Waals surface area contributed by atoms with Gasteiger partial charge in [0.05, 0.1) is 5.56 Å². The second kappa shape index (κ2) is 5.80. The average Bonchev–Trinajstić information content (AvgIpc) is 2.41. The molecule has 2 N–H and O–H groups in total. The van der Waals surface area contributed by atoms with E-state index in [1.807, 2.05) is 0 Å². The van der Waals surface area contributed by atoms with Crippen LogP contribution in [0.3, 0.4) is 0 Å². The summed E-state index contributed by atoms with van der Waals surface area (Å²) in [5, 5.41) is 0. The summed E-state index contributed by atoms with van der Waals surface area (Å²) in [6.07, 6.45) is 1.80. The van der Waals surface area contributed by atoms with E-state index in [0.717, 1.165) is 12.8 Å². The smallest absolute Gasteiger partial charge is 0.256 e. The van der Waals surface area contributed by atoms with Crippen molar-refractivity contribution in [2.75, 3.05) is 19.6 Å². The molecule has 3 nitrogen and oxygen atoms in total. The predicted molar refractivity (Wildman–Crippen MR) is 71.8 cm³/mol. The topological polar surface area (TPSA) is 46.3 Å². The first-order chi connectivity index (χ1) is 8.61. The minimum atomic E-state index is -0.468. The molecule has 98 valence electrons. The number of carbonyl (C=O) groups excluding carboxylic acids is 1. The van der Waals surface area contributed by atoms with Crippen LogP contribution in [0.5, 0.6) is 0 Å². The largest absolute Gasteiger partial charge is 0.339 e. The Morgan fingerprint density at radius 2 is 2.11 bits per heavy atom. The summed E-state index contributed by atoms with van der Waals surface area (Å²) in [7, 11) is 0. The van der Waals surface area contributed by atoms with E-state index in [-0.39, 0.29) is 11.5 Å². The number of likely N-dealkylation sites (tertiary alicyclic amines) is 1. The molecule has 1 aliphatic heterocycles. The zero-order valence-corrected chi connectivity index (χ0v) is 11.6. The highest BCUT2D eigenvalue weighted by atomic mass is 79.9. The minimum Gasteiger partial charge on any atom is -0.339 e. The number of piperidine rings is 1. The van der Waals surface area contributed by atoms with Crippen LogP contribution in [-0.2, 0) is 0 Å². The van der Waals surface area contributed by atoms with E-state index in [2.05, 4.69) is 15.9 Å². The lowest BCUT2D eigenvalue weighted by atomic mass is 9.96. The molecule has 0 radical (unpaired) electrons. The van der Waals surface area contributed by atoms with Gasteiger partial charge in [0.25, 0.3) is 5.91 Å². The molecule has 1 heterocycles. The summed E-state index contributed by atoms with van der Waals surface area (Å²) < 4.78 is 14.3. The Bertz CT molecular complexity index is 445. The SMILES string of the molecule is NCC1CCN(C(=O)c2cc(Br)ccc2F)CC1. The Hall–Kier alpha value is -0.940. The highest BCUT2D eigenvalue weighted by Crippen LogP contribution is 2.21. The average molecular weight is 315 g/mol. The van der Waals surface area contributed by atoms with Gasteiger partial charge in [-0.15, -0.1) is 0 Å². The lowest BCUT2D eigenvalue weighted by Crippen LogP contribution is -2.40. The number of amides is 1. The monoisotopic (exact) mass is 314 g/mol. The Morgan fingerprint density at radius 1 is 1.44 bits per heavy atom. The summed E-state index contributed by atoms with van der Waals surface area (Å²) in [4.78, 5) is 13.9. The molecule has 1 aliphatic rings. The van der Waals surface area contributed by atoms with Crippen LogP contribution >= 0.6 is 15.9 Å². The molecule has 0 spiro atoms. The number of nitrogens with zero attached hydrogens (tertiary/aromatic N) is 1. The van der Waals surface area contributed by atoms with Crippen LogP contribution in [0.2, 0.25) is 0 Å². The number of nitrogens with two attached hydrogens (primary N) is 1. The Labute approximate surface area is 114 Å². The maximum atomic E-state index is 13.6. The summed E-state index contributed by atoms with van der Waals surface area (Å²) >= 11 is 3.26. The van der Waals surface area contributed by atoms with Gasteiger partial charge in [-0.05, 0) is 43.5 Å². The number of hydrogen-bond donors (Lipinski definition) is 1. The maximum absolute atomic E-state index is 13.6. The van der Waals surface area contributed by atoms with E-state index < -0.39 is 5.82 Å². The molecule has 0 atom stereocenters. The summed E-state index contributed by atoms with van der Waals surface area (Å²) in [6, 6.07) is 4.43. The number of rotatable bonds is 2. The Balaban J connectivity index is 2.10. The van der Waals surface area contributed by atoms with Crippen molar-refractivity contribution >= 4 is 21.8 Å². The zero-order valence-electron chi connectivity index (χ0n) is 10.0. The molecule has 0 aliphatic carbocycles. The molecule has 5 heteroatoms. The van der Waals surface area contributed by atoms with Crippen LogP contribution in [0.4, 0.5) is 4.39 Å². The van der Waals surface area contributed by atoms with Gasteiger partial charge in [-0.2, -0.15) is 0 Å². The number of carbonyl (C=O) groups is 1. The highest BCUT2D eigenvalue weighted by molar-refractivity contribution is 9.10. The van der Waals surface area contributed by atoms with Crippen LogP contribution in [0.25, 0.3) is 0 Å². The lowest BCUT2D eigenvalue weighted by molar-refractivity contribution is 0.0688. The molecule has 1 aromatic carbocycles. The van der Waals surface area contributed by atoms with E-state index >= 15 is 0 Å². The maximum Gasteiger partial charge on any atom is 0.256 e. The number of halogens is 2. The van der Waals surface area contributed by atoms with Crippen molar-refractivity contribution in [3.05, 3.63) is 34.1 Å². The second-order valence-electron chi connectivity index (χ2n) is 4.60. The first kappa shape index (κ1) is 13.5. The van der Waals surface area contributed by atoms with E-state index in [1.54, 1.807) is 11.0 Å². The number of benzene rings is 1. The molecule has 1 amide bonds. The van der Waals surface area contributed by atoms with Gasteiger partial charge >= 0.3 is 0 Å².